The zero-order valence-electron chi connectivity index (χ0n) is 12.5. The molecule has 0 saturated carbocycles. The molecule has 0 radical (unpaired) electrons. The minimum Gasteiger partial charge on any atom is -0.398 e. The van der Waals surface area contributed by atoms with E-state index in [0.717, 1.165) is 0 Å². The van der Waals surface area contributed by atoms with Crippen LogP contribution in [0, 0.1) is 5.92 Å². The molecule has 0 amide bonds. The number of rotatable bonds is 2. The van der Waals surface area contributed by atoms with Crippen LogP contribution in [0.4, 0.5) is 17.6 Å². The summed E-state index contributed by atoms with van der Waals surface area (Å²) in [7, 11) is -1.63. The summed E-state index contributed by atoms with van der Waals surface area (Å²) in [6.07, 6.45) is -4.63. The molecule has 2 fully saturated rings. The molecule has 2 aliphatic rings. The fraction of sp³-hybridized carbons (Fsp3) is 0.846. The summed E-state index contributed by atoms with van der Waals surface area (Å²) >= 11 is 0. The van der Waals surface area contributed by atoms with Crippen LogP contribution in [0.25, 0.3) is 0 Å². The van der Waals surface area contributed by atoms with Crippen molar-refractivity contribution in [2.45, 2.75) is 51.5 Å². The van der Waals surface area contributed by atoms with Gasteiger partial charge in [-0.3, -0.25) is 0 Å². The average molecular weight is 310 g/mol. The number of ether oxygens (including phenoxy) is 1. The summed E-state index contributed by atoms with van der Waals surface area (Å²) < 4.78 is 69.7. The summed E-state index contributed by atoms with van der Waals surface area (Å²) in [4.78, 5) is 0. The maximum absolute atomic E-state index is 14.5. The van der Waals surface area contributed by atoms with Gasteiger partial charge in [-0.2, -0.15) is 13.2 Å². The lowest BCUT2D eigenvalue weighted by Gasteiger charge is -2.32. The van der Waals surface area contributed by atoms with Crippen molar-refractivity contribution >= 4 is 7.12 Å². The largest absolute Gasteiger partial charge is 0.525 e. The van der Waals surface area contributed by atoms with E-state index in [1.54, 1.807) is 27.7 Å². The van der Waals surface area contributed by atoms with Gasteiger partial charge in [-0.1, -0.05) is 0 Å². The van der Waals surface area contributed by atoms with Crippen molar-refractivity contribution in [3.05, 3.63) is 11.3 Å². The summed E-state index contributed by atoms with van der Waals surface area (Å²) in [6, 6.07) is 0. The molecular formula is C13H19BF4O3. The Hall–Kier alpha value is -0.595. The number of alkyl halides is 3. The van der Waals surface area contributed by atoms with E-state index in [1.807, 2.05) is 0 Å². The Balaban J connectivity index is 2.35. The Bertz CT molecular complexity index is 423. The predicted octanol–water partition coefficient (Wildman–Crippen LogP) is 3.44. The van der Waals surface area contributed by atoms with Crippen LogP contribution in [-0.2, 0) is 14.0 Å². The number of hydrogen-bond acceptors (Lipinski definition) is 3. The molecule has 120 valence electrons. The molecular weight excluding hydrogens is 291 g/mol. The molecule has 8 heteroatoms. The van der Waals surface area contributed by atoms with Crippen molar-refractivity contribution in [3.8, 4) is 0 Å². The van der Waals surface area contributed by atoms with Gasteiger partial charge in [0, 0.05) is 12.5 Å². The highest BCUT2D eigenvalue weighted by Crippen LogP contribution is 2.43. The smallest absolute Gasteiger partial charge is 0.398 e. The van der Waals surface area contributed by atoms with E-state index in [9.17, 15) is 17.6 Å². The lowest BCUT2D eigenvalue weighted by molar-refractivity contribution is -0.101. The van der Waals surface area contributed by atoms with Gasteiger partial charge in [-0.15, -0.1) is 0 Å². The van der Waals surface area contributed by atoms with Crippen LogP contribution in [0.2, 0.25) is 0 Å². The van der Waals surface area contributed by atoms with E-state index in [1.165, 1.54) is 0 Å². The molecule has 0 spiro atoms. The number of hydrogen-bond donors (Lipinski definition) is 0. The molecule has 0 aromatic carbocycles. The van der Waals surface area contributed by atoms with Gasteiger partial charge < -0.3 is 14.0 Å². The zero-order chi connectivity index (χ0) is 16.1. The quantitative estimate of drug-likeness (QED) is 0.577. The second kappa shape index (κ2) is 5.24. The minimum absolute atomic E-state index is 0.137. The molecule has 2 rings (SSSR count). The third-order valence-electron chi connectivity index (χ3n) is 4.36. The summed E-state index contributed by atoms with van der Waals surface area (Å²) in [5.74, 6) is -1.01. The zero-order valence-corrected chi connectivity index (χ0v) is 12.5. The first-order chi connectivity index (χ1) is 9.46. The normalized spacial score (nSPS) is 29.7. The van der Waals surface area contributed by atoms with Gasteiger partial charge in [0.1, 0.15) is 5.73 Å². The molecule has 0 aromatic rings. The highest BCUT2D eigenvalue weighted by Gasteiger charge is 2.56. The van der Waals surface area contributed by atoms with Crippen LogP contribution in [0.5, 0.6) is 0 Å². The molecule has 0 aliphatic carbocycles. The van der Waals surface area contributed by atoms with Gasteiger partial charge in [-0.25, -0.2) is 4.39 Å². The van der Waals surface area contributed by atoms with E-state index in [-0.39, 0.29) is 19.6 Å². The maximum atomic E-state index is 14.5. The molecule has 3 nitrogen and oxygen atoms in total. The topological polar surface area (TPSA) is 27.7 Å². The maximum Gasteiger partial charge on any atom is 0.525 e. The van der Waals surface area contributed by atoms with Crippen molar-refractivity contribution in [1.82, 2.24) is 0 Å². The van der Waals surface area contributed by atoms with Gasteiger partial charge in [0.15, 0.2) is 0 Å². The Labute approximate surface area is 121 Å². The lowest BCUT2D eigenvalue weighted by Crippen LogP contribution is -2.41. The van der Waals surface area contributed by atoms with Crippen molar-refractivity contribution < 1.29 is 31.6 Å². The van der Waals surface area contributed by atoms with Gasteiger partial charge in [0.25, 0.3) is 0 Å². The molecule has 0 aromatic heterocycles. The molecule has 1 unspecified atom stereocenters. The fourth-order valence-electron chi connectivity index (χ4n) is 2.40. The first-order valence-electron chi connectivity index (χ1n) is 6.86. The van der Waals surface area contributed by atoms with Crippen LogP contribution >= 0.6 is 0 Å². The third-order valence-corrected chi connectivity index (χ3v) is 4.36. The van der Waals surface area contributed by atoms with Crippen LogP contribution in [0.1, 0.15) is 34.1 Å². The Morgan fingerprint density at radius 3 is 2.00 bits per heavy atom. The molecule has 1 atom stereocenters. The molecule has 2 heterocycles. The molecule has 2 aliphatic heterocycles. The molecule has 2 saturated heterocycles. The van der Waals surface area contributed by atoms with E-state index < -0.39 is 41.7 Å². The van der Waals surface area contributed by atoms with Crippen LogP contribution in [0.3, 0.4) is 0 Å². The predicted molar refractivity (Wildman–Crippen MR) is 69.2 cm³/mol. The summed E-state index contributed by atoms with van der Waals surface area (Å²) in [5.41, 5.74) is -4.40. The van der Waals surface area contributed by atoms with E-state index in [4.69, 9.17) is 14.0 Å². The van der Waals surface area contributed by atoms with Gasteiger partial charge >= 0.3 is 13.3 Å². The molecule has 0 bridgehead atoms. The third kappa shape index (κ3) is 3.12. The van der Waals surface area contributed by atoms with E-state index in [0.29, 0.717) is 0 Å². The highest BCUT2D eigenvalue weighted by molar-refractivity contribution is 6.53. The van der Waals surface area contributed by atoms with Crippen molar-refractivity contribution in [1.29, 1.82) is 0 Å². The van der Waals surface area contributed by atoms with Crippen LogP contribution in [-0.4, -0.2) is 37.7 Å². The van der Waals surface area contributed by atoms with Crippen LogP contribution < -0.4 is 0 Å². The highest BCUT2D eigenvalue weighted by atomic mass is 19.4. The Morgan fingerprint density at radius 1 is 1.10 bits per heavy atom. The van der Waals surface area contributed by atoms with Crippen molar-refractivity contribution in [3.63, 3.8) is 0 Å². The first kappa shape index (κ1) is 16.8. The average Bonchev–Trinajstić information content (AvgIpc) is 2.84. The summed E-state index contributed by atoms with van der Waals surface area (Å²) in [5, 5.41) is 0. The van der Waals surface area contributed by atoms with Crippen LogP contribution in [0.15, 0.2) is 11.3 Å². The van der Waals surface area contributed by atoms with Gasteiger partial charge in [0.2, 0.25) is 0 Å². The second-order valence-electron chi connectivity index (χ2n) is 6.41. The first-order valence-corrected chi connectivity index (χ1v) is 6.86. The standard InChI is InChI=1S/C13H19BF4O3/c1-11(2)12(3,4)21-14(20-11)10(15)9(13(16,17)18)8-5-6-19-7-8/h8H,5-7H2,1-4H3. The van der Waals surface area contributed by atoms with E-state index in [2.05, 4.69) is 0 Å². The Kier molecular flexibility index (Phi) is 4.19. The van der Waals surface area contributed by atoms with Crippen molar-refractivity contribution in [2.24, 2.45) is 5.92 Å². The van der Waals surface area contributed by atoms with Crippen molar-refractivity contribution in [2.75, 3.05) is 13.2 Å². The van der Waals surface area contributed by atoms with Gasteiger partial charge in [-0.05, 0) is 34.1 Å². The monoisotopic (exact) mass is 310 g/mol. The minimum atomic E-state index is -4.77. The molecule has 21 heavy (non-hydrogen) atoms. The fourth-order valence-corrected chi connectivity index (χ4v) is 2.40. The lowest BCUT2D eigenvalue weighted by atomic mass is 9.80. The Morgan fingerprint density at radius 2 is 1.62 bits per heavy atom. The number of halogens is 4. The summed E-state index contributed by atoms with van der Waals surface area (Å²) in [6.45, 7) is 6.69. The van der Waals surface area contributed by atoms with E-state index >= 15 is 0 Å². The van der Waals surface area contributed by atoms with Gasteiger partial charge in [0.05, 0.1) is 23.4 Å². The molecule has 0 N–H and O–H groups in total. The second-order valence-corrected chi connectivity index (χ2v) is 6.41. The SMILES string of the molecule is CC1(C)OB(C(F)=C(C2CCOC2)C(F)(F)F)OC1(C)C.